The topological polar surface area (TPSA) is 74.2 Å². The standard InChI is InChI=1S/C14H18O6/c1-9(14(15)16)5-6-20-10-7-11(17-2)13(19-4)12(8-10)18-3/h5,7-8H,6H2,1-4H3,(H,15,16)/b9-5-. The van der Waals surface area contributed by atoms with E-state index < -0.39 is 5.97 Å². The molecule has 1 N–H and O–H groups in total. The van der Waals surface area contributed by atoms with Gasteiger partial charge in [0.2, 0.25) is 5.75 Å². The number of benzene rings is 1. The average molecular weight is 282 g/mol. The number of rotatable bonds is 7. The van der Waals surface area contributed by atoms with Gasteiger partial charge < -0.3 is 24.1 Å². The highest BCUT2D eigenvalue weighted by Gasteiger charge is 2.13. The van der Waals surface area contributed by atoms with Crippen LogP contribution in [0.1, 0.15) is 6.92 Å². The fourth-order valence-electron chi connectivity index (χ4n) is 1.49. The average Bonchev–Trinajstić information content (AvgIpc) is 2.45. The molecule has 0 bridgehead atoms. The smallest absolute Gasteiger partial charge is 0.331 e. The van der Waals surface area contributed by atoms with Crippen molar-refractivity contribution >= 4 is 5.97 Å². The van der Waals surface area contributed by atoms with Gasteiger partial charge in [0, 0.05) is 17.7 Å². The number of carbonyl (C=O) groups is 1. The minimum absolute atomic E-state index is 0.136. The highest BCUT2D eigenvalue weighted by molar-refractivity contribution is 5.85. The molecule has 0 saturated heterocycles. The molecule has 1 aromatic carbocycles. The van der Waals surface area contributed by atoms with E-state index in [1.165, 1.54) is 34.3 Å². The maximum atomic E-state index is 10.6. The minimum Gasteiger partial charge on any atom is -0.493 e. The molecule has 1 aromatic rings. The van der Waals surface area contributed by atoms with Crippen LogP contribution in [0.3, 0.4) is 0 Å². The van der Waals surface area contributed by atoms with E-state index in [0.717, 1.165) is 0 Å². The number of carboxylic acids is 1. The molecule has 6 heteroatoms. The van der Waals surface area contributed by atoms with Gasteiger partial charge in [-0.3, -0.25) is 0 Å². The molecule has 0 aromatic heterocycles. The molecule has 0 fully saturated rings. The number of hydrogen-bond donors (Lipinski definition) is 1. The number of aliphatic carboxylic acids is 1. The van der Waals surface area contributed by atoms with Crippen molar-refractivity contribution in [3.8, 4) is 23.0 Å². The van der Waals surface area contributed by atoms with Crippen molar-refractivity contribution in [2.24, 2.45) is 0 Å². The molecule has 20 heavy (non-hydrogen) atoms. The summed E-state index contributed by atoms with van der Waals surface area (Å²) in [7, 11) is 4.53. The van der Waals surface area contributed by atoms with Gasteiger partial charge in [-0.05, 0) is 13.0 Å². The van der Waals surface area contributed by atoms with Crippen molar-refractivity contribution in [2.45, 2.75) is 6.92 Å². The molecule has 110 valence electrons. The monoisotopic (exact) mass is 282 g/mol. The molecule has 0 aliphatic rings. The zero-order valence-electron chi connectivity index (χ0n) is 11.9. The summed E-state index contributed by atoms with van der Waals surface area (Å²) < 4.78 is 21.0. The van der Waals surface area contributed by atoms with E-state index in [4.69, 9.17) is 24.1 Å². The predicted molar refractivity (Wildman–Crippen MR) is 73.0 cm³/mol. The Morgan fingerprint density at radius 2 is 1.70 bits per heavy atom. The molecule has 0 saturated carbocycles. The molecule has 0 aliphatic carbocycles. The van der Waals surface area contributed by atoms with E-state index in [1.807, 2.05) is 0 Å². The molecule has 0 amide bonds. The van der Waals surface area contributed by atoms with E-state index in [9.17, 15) is 4.79 Å². The van der Waals surface area contributed by atoms with E-state index in [0.29, 0.717) is 23.0 Å². The molecule has 0 radical (unpaired) electrons. The van der Waals surface area contributed by atoms with Crippen molar-refractivity contribution < 1.29 is 28.8 Å². The van der Waals surface area contributed by atoms with Crippen LogP contribution in [0.4, 0.5) is 0 Å². The van der Waals surface area contributed by atoms with Gasteiger partial charge in [0.05, 0.1) is 21.3 Å². The number of hydrogen-bond acceptors (Lipinski definition) is 5. The summed E-state index contributed by atoms with van der Waals surface area (Å²) in [5.74, 6) is 0.939. The largest absolute Gasteiger partial charge is 0.493 e. The highest BCUT2D eigenvalue weighted by Crippen LogP contribution is 2.40. The number of ether oxygens (including phenoxy) is 4. The van der Waals surface area contributed by atoms with Crippen molar-refractivity contribution in [3.05, 3.63) is 23.8 Å². The SMILES string of the molecule is COc1cc(OC/C=C(/C)C(=O)O)cc(OC)c1OC. The van der Waals surface area contributed by atoms with Gasteiger partial charge in [-0.25, -0.2) is 4.79 Å². The van der Waals surface area contributed by atoms with E-state index in [-0.39, 0.29) is 12.2 Å². The Morgan fingerprint density at radius 3 is 2.10 bits per heavy atom. The van der Waals surface area contributed by atoms with Crippen molar-refractivity contribution in [1.29, 1.82) is 0 Å². The van der Waals surface area contributed by atoms with Crippen molar-refractivity contribution in [1.82, 2.24) is 0 Å². The third-order valence-electron chi connectivity index (χ3n) is 2.62. The lowest BCUT2D eigenvalue weighted by Crippen LogP contribution is -2.02. The molecular weight excluding hydrogens is 264 g/mol. The van der Waals surface area contributed by atoms with Gasteiger partial charge in [0.1, 0.15) is 12.4 Å². The van der Waals surface area contributed by atoms with Crippen LogP contribution in [0.5, 0.6) is 23.0 Å². The van der Waals surface area contributed by atoms with E-state index in [2.05, 4.69) is 0 Å². The lowest BCUT2D eigenvalue weighted by Gasteiger charge is -2.14. The van der Waals surface area contributed by atoms with Crippen LogP contribution in [-0.4, -0.2) is 39.0 Å². The van der Waals surface area contributed by atoms with Crippen LogP contribution in [0.15, 0.2) is 23.8 Å². The number of methoxy groups -OCH3 is 3. The summed E-state index contributed by atoms with van der Waals surface area (Å²) in [5.41, 5.74) is 0.220. The molecule has 0 aliphatic heterocycles. The zero-order valence-corrected chi connectivity index (χ0v) is 11.9. The predicted octanol–water partition coefficient (Wildman–Crippen LogP) is 2.12. The summed E-state index contributed by atoms with van der Waals surface area (Å²) in [6.45, 7) is 1.64. The van der Waals surface area contributed by atoms with E-state index in [1.54, 1.807) is 12.1 Å². The fraction of sp³-hybridized carbons (Fsp3) is 0.357. The van der Waals surface area contributed by atoms with Gasteiger partial charge in [-0.1, -0.05) is 0 Å². The number of carboxylic acid groups (broad SMARTS) is 1. The molecule has 6 nitrogen and oxygen atoms in total. The van der Waals surface area contributed by atoms with Crippen LogP contribution in [0.25, 0.3) is 0 Å². The summed E-state index contributed by atoms with van der Waals surface area (Å²) in [5, 5.41) is 8.73. The second kappa shape index (κ2) is 7.28. The van der Waals surface area contributed by atoms with Gasteiger partial charge in [0.15, 0.2) is 11.5 Å². The van der Waals surface area contributed by atoms with Gasteiger partial charge in [0.25, 0.3) is 0 Å². The van der Waals surface area contributed by atoms with Crippen molar-refractivity contribution in [2.75, 3.05) is 27.9 Å². The molecule has 1 rings (SSSR count). The molecule has 0 spiro atoms. The van der Waals surface area contributed by atoms with E-state index >= 15 is 0 Å². The van der Waals surface area contributed by atoms with Gasteiger partial charge >= 0.3 is 5.97 Å². The quantitative estimate of drug-likeness (QED) is 0.772. The Kier molecular flexibility index (Phi) is 5.71. The summed E-state index contributed by atoms with van der Waals surface area (Å²) >= 11 is 0. The van der Waals surface area contributed by atoms with Gasteiger partial charge in [-0.2, -0.15) is 0 Å². The Balaban J connectivity index is 2.91. The van der Waals surface area contributed by atoms with Crippen LogP contribution in [0.2, 0.25) is 0 Å². The van der Waals surface area contributed by atoms with Crippen molar-refractivity contribution in [3.63, 3.8) is 0 Å². The first-order chi connectivity index (χ1) is 9.53. The summed E-state index contributed by atoms with van der Waals surface area (Å²) in [6, 6.07) is 3.29. The second-order valence-corrected chi connectivity index (χ2v) is 3.86. The Bertz CT molecular complexity index is 481. The normalized spacial score (nSPS) is 10.9. The first kappa shape index (κ1) is 15.7. The molecule has 0 heterocycles. The zero-order chi connectivity index (χ0) is 15.1. The summed E-state index contributed by atoms with van der Waals surface area (Å²) in [6.07, 6.45) is 1.48. The summed E-state index contributed by atoms with van der Waals surface area (Å²) in [4.78, 5) is 10.6. The third-order valence-corrected chi connectivity index (χ3v) is 2.62. The lowest BCUT2D eigenvalue weighted by molar-refractivity contribution is -0.132. The third kappa shape index (κ3) is 3.81. The first-order valence-corrected chi connectivity index (χ1v) is 5.86. The molecule has 0 unspecified atom stereocenters. The van der Waals surface area contributed by atoms with Gasteiger partial charge in [-0.15, -0.1) is 0 Å². The fourth-order valence-corrected chi connectivity index (χ4v) is 1.49. The lowest BCUT2D eigenvalue weighted by atomic mass is 10.2. The maximum absolute atomic E-state index is 10.6. The Hall–Kier alpha value is -2.37. The maximum Gasteiger partial charge on any atom is 0.331 e. The highest BCUT2D eigenvalue weighted by atomic mass is 16.5. The van der Waals surface area contributed by atoms with Crippen LogP contribution < -0.4 is 18.9 Å². The van der Waals surface area contributed by atoms with Crippen LogP contribution in [0, 0.1) is 0 Å². The Labute approximate surface area is 117 Å². The van der Waals surface area contributed by atoms with Crippen LogP contribution in [-0.2, 0) is 4.79 Å². The molecular formula is C14H18O6. The minimum atomic E-state index is -0.974. The molecule has 0 atom stereocenters. The van der Waals surface area contributed by atoms with Crippen LogP contribution >= 0.6 is 0 Å². The first-order valence-electron chi connectivity index (χ1n) is 5.86. The Morgan fingerprint density at radius 1 is 1.15 bits per heavy atom. The second-order valence-electron chi connectivity index (χ2n) is 3.86.